The van der Waals surface area contributed by atoms with Crippen molar-refractivity contribution in [2.24, 2.45) is 5.92 Å². The van der Waals surface area contributed by atoms with Crippen LogP contribution in [0, 0.1) is 5.92 Å². The van der Waals surface area contributed by atoms with Crippen LogP contribution in [0.3, 0.4) is 0 Å². The molecule has 0 radical (unpaired) electrons. The molecule has 0 aromatic carbocycles. The van der Waals surface area contributed by atoms with E-state index < -0.39 is 0 Å². The van der Waals surface area contributed by atoms with E-state index in [0.29, 0.717) is 5.91 Å². The lowest BCUT2D eigenvalue weighted by Gasteiger charge is -2.14. The molecule has 2 nitrogen and oxygen atoms in total. The van der Waals surface area contributed by atoms with Gasteiger partial charge in [-0.2, -0.15) is 0 Å². The molecule has 0 spiro atoms. The standard InChI is InChI=1S/C9H17NO/c1-3-4-6-10-7-5-8(2)9(10)11/h8H,3-7H2,1-2H3. The number of rotatable bonds is 3. The van der Waals surface area contributed by atoms with Crippen LogP contribution in [0.15, 0.2) is 0 Å². The predicted octanol–water partition coefficient (Wildman–Crippen LogP) is 1.65. The second-order valence-corrected chi connectivity index (χ2v) is 3.37. The topological polar surface area (TPSA) is 20.3 Å². The minimum Gasteiger partial charge on any atom is -0.342 e. The molecule has 1 unspecified atom stereocenters. The first-order chi connectivity index (χ1) is 5.25. The summed E-state index contributed by atoms with van der Waals surface area (Å²) >= 11 is 0. The number of hydrogen-bond donors (Lipinski definition) is 0. The largest absolute Gasteiger partial charge is 0.342 e. The first-order valence-corrected chi connectivity index (χ1v) is 4.54. The van der Waals surface area contributed by atoms with Gasteiger partial charge in [0.2, 0.25) is 5.91 Å². The summed E-state index contributed by atoms with van der Waals surface area (Å²) in [6.07, 6.45) is 3.39. The first-order valence-electron chi connectivity index (χ1n) is 4.54. The van der Waals surface area contributed by atoms with Gasteiger partial charge < -0.3 is 4.90 Å². The molecule has 0 N–H and O–H groups in total. The van der Waals surface area contributed by atoms with Gasteiger partial charge in [0.1, 0.15) is 0 Å². The summed E-state index contributed by atoms with van der Waals surface area (Å²) in [5, 5.41) is 0. The van der Waals surface area contributed by atoms with Gasteiger partial charge in [0.15, 0.2) is 0 Å². The highest BCUT2D eigenvalue weighted by molar-refractivity contribution is 5.80. The molecule has 1 heterocycles. The van der Waals surface area contributed by atoms with Gasteiger partial charge >= 0.3 is 0 Å². The molecule has 1 saturated heterocycles. The Balaban J connectivity index is 2.30. The summed E-state index contributed by atoms with van der Waals surface area (Å²) in [6, 6.07) is 0. The van der Waals surface area contributed by atoms with Crippen LogP contribution in [0.2, 0.25) is 0 Å². The van der Waals surface area contributed by atoms with Crippen molar-refractivity contribution in [1.29, 1.82) is 0 Å². The molecule has 0 aromatic rings. The third-order valence-electron chi connectivity index (χ3n) is 2.35. The first kappa shape index (κ1) is 8.57. The van der Waals surface area contributed by atoms with Gasteiger partial charge in [-0.05, 0) is 12.8 Å². The van der Waals surface area contributed by atoms with Gasteiger partial charge in [-0.15, -0.1) is 0 Å². The maximum atomic E-state index is 11.3. The Morgan fingerprint density at radius 2 is 2.36 bits per heavy atom. The second-order valence-electron chi connectivity index (χ2n) is 3.37. The third-order valence-corrected chi connectivity index (χ3v) is 2.35. The Morgan fingerprint density at radius 3 is 2.82 bits per heavy atom. The van der Waals surface area contributed by atoms with E-state index in [1.165, 1.54) is 6.42 Å². The number of nitrogens with zero attached hydrogens (tertiary/aromatic N) is 1. The summed E-state index contributed by atoms with van der Waals surface area (Å²) in [6.45, 7) is 6.14. The van der Waals surface area contributed by atoms with Gasteiger partial charge in [-0.3, -0.25) is 4.79 Å². The fourth-order valence-electron chi connectivity index (χ4n) is 1.47. The van der Waals surface area contributed by atoms with Crippen LogP contribution in [-0.4, -0.2) is 23.9 Å². The normalized spacial score (nSPS) is 24.7. The Kier molecular flexibility index (Phi) is 2.92. The molecule has 1 fully saturated rings. The van der Waals surface area contributed by atoms with E-state index in [-0.39, 0.29) is 5.92 Å². The molecule has 0 bridgehead atoms. The highest BCUT2D eigenvalue weighted by Crippen LogP contribution is 2.16. The van der Waals surface area contributed by atoms with Crippen LogP contribution in [-0.2, 0) is 4.79 Å². The van der Waals surface area contributed by atoms with Crippen molar-refractivity contribution >= 4 is 5.91 Å². The van der Waals surface area contributed by atoms with Crippen LogP contribution in [0.4, 0.5) is 0 Å². The molecule has 1 aliphatic rings. The fraction of sp³-hybridized carbons (Fsp3) is 0.889. The van der Waals surface area contributed by atoms with E-state index in [1.807, 2.05) is 11.8 Å². The Bertz CT molecular complexity index is 144. The van der Waals surface area contributed by atoms with Gasteiger partial charge in [-0.1, -0.05) is 20.3 Å². The number of unbranched alkanes of at least 4 members (excludes halogenated alkanes) is 1. The van der Waals surface area contributed by atoms with E-state index in [4.69, 9.17) is 0 Å². The second kappa shape index (κ2) is 3.74. The molecule has 1 atom stereocenters. The molecule has 11 heavy (non-hydrogen) atoms. The molecule has 1 aliphatic heterocycles. The molecule has 0 aromatic heterocycles. The Hall–Kier alpha value is -0.530. The van der Waals surface area contributed by atoms with E-state index in [2.05, 4.69) is 6.92 Å². The van der Waals surface area contributed by atoms with Gasteiger partial charge in [0.25, 0.3) is 0 Å². The van der Waals surface area contributed by atoms with Crippen molar-refractivity contribution in [1.82, 2.24) is 4.90 Å². The minimum atomic E-state index is 0.284. The van der Waals surface area contributed by atoms with Crippen LogP contribution in [0.1, 0.15) is 33.1 Å². The van der Waals surface area contributed by atoms with Crippen molar-refractivity contribution in [2.75, 3.05) is 13.1 Å². The van der Waals surface area contributed by atoms with E-state index in [1.54, 1.807) is 0 Å². The van der Waals surface area contributed by atoms with Crippen LogP contribution in [0.5, 0.6) is 0 Å². The Morgan fingerprint density at radius 1 is 1.64 bits per heavy atom. The van der Waals surface area contributed by atoms with E-state index >= 15 is 0 Å². The molecule has 1 amide bonds. The van der Waals surface area contributed by atoms with Crippen molar-refractivity contribution in [2.45, 2.75) is 33.1 Å². The zero-order chi connectivity index (χ0) is 8.27. The fourth-order valence-corrected chi connectivity index (χ4v) is 1.47. The predicted molar refractivity (Wildman–Crippen MR) is 45.3 cm³/mol. The smallest absolute Gasteiger partial charge is 0.225 e. The quantitative estimate of drug-likeness (QED) is 0.607. The lowest BCUT2D eigenvalue weighted by atomic mass is 10.1. The van der Waals surface area contributed by atoms with Crippen LogP contribution >= 0.6 is 0 Å². The summed E-state index contributed by atoms with van der Waals surface area (Å²) < 4.78 is 0. The van der Waals surface area contributed by atoms with Crippen LogP contribution in [0.25, 0.3) is 0 Å². The summed E-state index contributed by atoms with van der Waals surface area (Å²) in [7, 11) is 0. The number of carbonyl (C=O) groups excluding carboxylic acids is 1. The van der Waals surface area contributed by atoms with Gasteiger partial charge in [0.05, 0.1) is 0 Å². The van der Waals surface area contributed by atoms with Crippen molar-refractivity contribution in [3.63, 3.8) is 0 Å². The van der Waals surface area contributed by atoms with E-state index in [0.717, 1.165) is 25.9 Å². The number of carbonyl (C=O) groups is 1. The highest BCUT2D eigenvalue weighted by atomic mass is 16.2. The molecule has 64 valence electrons. The third kappa shape index (κ3) is 1.95. The molecule has 2 heteroatoms. The monoisotopic (exact) mass is 155 g/mol. The minimum absolute atomic E-state index is 0.284. The maximum Gasteiger partial charge on any atom is 0.225 e. The van der Waals surface area contributed by atoms with Gasteiger partial charge in [-0.25, -0.2) is 0 Å². The maximum absolute atomic E-state index is 11.3. The van der Waals surface area contributed by atoms with Crippen molar-refractivity contribution in [3.05, 3.63) is 0 Å². The van der Waals surface area contributed by atoms with Crippen molar-refractivity contribution < 1.29 is 4.79 Å². The average Bonchev–Trinajstić information content (AvgIpc) is 2.31. The highest BCUT2D eigenvalue weighted by Gasteiger charge is 2.26. The lowest BCUT2D eigenvalue weighted by Crippen LogP contribution is -2.27. The molecule has 1 rings (SSSR count). The average molecular weight is 155 g/mol. The molecular formula is C9H17NO. The number of amides is 1. The van der Waals surface area contributed by atoms with Gasteiger partial charge in [0, 0.05) is 19.0 Å². The summed E-state index contributed by atoms with van der Waals surface area (Å²) in [5.74, 6) is 0.644. The number of hydrogen-bond acceptors (Lipinski definition) is 1. The zero-order valence-corrected chi connectivity index (χ0v) is 7.47. The van der Waals surface area contributed by atoms with Crippen LogP contribution < -0.4 is 0 Å². The molecule has 0 saturated carbocycles. The number of likely N-dealkylation sites (tertiary alicyclic amines) is 1. The SMILES string of the molecule is CCCCN1CCC(C)C1=O. The summed E-state index contributed by atoms with van der Waals surface area (Å²) in [4.78, 5) is 13.3. The summed E-state index contributed by atoms with van der Waals surface area (Å²) in [5.41, 5.74) is 0. The lowest BCUT2D eigenvalue weighted by molar-refractivity contribution is -0.130. The Labute approximate surface area is 68.6 Å². The molecule has 0 aliphatic carbocycles. The molecular weight excluding hydrogens is 138 g/mol. The van der Waals surface area contributed by atoms with Crippen molar-refractivity contribution in [3.8, 4) is 0 Å². The van der Waals surface area contributed by atoms with E-state index in [9.17, 15) is 4.79 Å². The zero-order valence-electron chi connectivity index (χ0n) is 7.47.